The monoisotopic (exact) mass is 369 g/mol. The number of hydrogen-bond donors (Lipinski definition) is 1. The molecule has 1 amide bonds. The number of amides is 1. The molecule has 0 saturated carbocycles. The summed E-state index contributed by atoms with van der Waals surface area (Å²) in [6.45, 7) is 0.649. The van der Waals surface area contributed by atoms with Crippen molar-refractivity contribution in [3.8, 4) is 0 Å². The molecule has 0 bridgehead atoms. The van der Waals surface area contributed by atoms with E-state index >= 15 is 0 Å². The summed E-state index contributed by atoms with van der Waals surface area (Å²) >= 11 is 6.01. The predicted molar refractivity (Wildman–Crippen MR) is 100 cm³/mol. The van der Waals surface area contributed by atoms with Crippen molar-refractivity contribution in [1.82, 2.24) is 14.9 Å². The number of aromatic nitrogens is 2. The van der Waals surface area contributed by atoms with Gasteiger partial charge in [-0.15, -0.1) is 0 Å². The van der Waals surface area contributed by atoms with Gasteiger partial charge in [-0.05, 0) is 43.2 Å². The molecule has 1 atom stereocenters. The SMILES string of the molecule is O=C(/C=C/c1c(F)cccc1Cl)N1CCCC1c1nc2ccccc2[nH]1. The lowest BCUT2D eigenvalue weighted by Gasteiger charge is -2.21. The van der Waals surface area contributed by atoms with Crippen LogP contribution in [-0.4, -0.2) is 27.3 Å². The fourth-order valence-electron chi connectivity index (χ4n) is 3.37. The Morgan fingerprint density at radius 3 is 2.92 bits per heavy atom. The van der Waals surface area contributed by atoms with E-state index in [1.807, 2.05) is 24.3 Å². The number of halogens is 2. The van der Waals surface area contributed by atoms with Gasteiger partial charge in [-0.2, -0.15) is 0 Å². The van der Waals surface area contributed by atoms with Crippen LogP contribution in [0.4, 0.5) is 4.39 Å². The molecule has 0 spiro atoms. The van der Waals surface area contributed by atoms with E-state index < -0.39 is 5.82 Å². The van der Waals surface area contributed by atoms with Crippen molar-refractivity contribution in [2.75, 3.05) is 6.54 Å². The summed E-state index contributed by atoms with van der Waals surface area (Å²) in [6.07, 6.45) is 4.57. The van der Waals surface area contributed by atoms with Gasteiger partial charge in [-0.3, -0.25) is 4.79 Å². The van der Waals surface area contributed by atoms with Crippen LogP contribution in [0.2, 0.25) is 5.02 Å². The number of fused-ring (bicyclic) bond motifs is 1. The lowest BCUT2D eigenvalue weighted by Crippen LogP contribution is -2.29. The summed E-state index contributed by atoms with van der Waals surface area (Å²) < 4.78 is 13.9. The molecule has 1 unspecified atom stereocenters. The molecule has 1 aliphatic rings. The van der Waals surface area contributed by atoms with Crippen molar-refractivity contribution >= 4 is 34.6 Å². The molecule has 6 heteroatoms. The molecule has 4 nitrogen and oxygen atoms in total. The number of rotatable bonds is 3. The van der Waals surface area contributed by atoms with Gasteiger partial charge < -0.3 is 9.88 Å². The Morgan fingerprint density at radius 1 is 1.27 bits per heavy atom. The molecule has 4 rings (SSSR count). The van der Waals surface area contributed by atoms with Gasteiger partial charge in [0.05, 0.1) is 22.1 Å². The van der Waals surface area contributed by atoms with E-state index in [9.17, 15) is 9.18 Å². The van der Waals surface area contributed by atoms with Crippen LogP contribution in [0.25, 0.3) is 17.1 Å². The molecule has 2 heterocycles. The molecular formula is C20H17ClFN3O. The Balaban J connectivity index is 1.58. The van der Waals surface area contributed by atoms with Gasteiger partial charge in [0.2, 0.25) is 5.91 Å². The van der Waals surface area contributed by atoms with E-state index in [4.69, 9.17) is 11.6 Å². The first-order chi connectivity index (χ1) is 12.6. The second-order valence-corrected chi connectivity index (χ2v) is 6.70. The highest BCUT2D eigenvalue weighted by molar-refractivity contribution is 6.32. The fraction of sp³-hybridized carbons (Fsp3) is 0.200. The van der Waals surface area contributed by atoms with Crippen LogP contribution in [0, 0.1) is 5.82 Å². The Labute approximate surface area is 155 Å². The molecule has 132 valence electrons. The van der Waals surface area contributed by atoms with E-state index in [2.05, 4.69) is 9.97 Å². The normalized spacial score (nSPS) is 17.5. The van der Waals surface area contributed by atoms with Crippen molar-refractivity contribution in [3.05, 3.63) is 70.8 Å². The minimum atomic E-state index is -0.447. The standard InChI is InChI=1S/C20H17ClFN3O/c21-14-5-3-6-15(22)13(14)10-11-19(26)25-12-4-9-18(25)20-23-16-7-1-2-8-17(16)24-20/h1-3,5-8,10-11,18H,4,9,12H2,(H,23,24)/b11-10+. The number of carbonyl (C=O) groups excluding carboxylic acids is 1. The molecule has 26 heavy (non-hydrogen) atoms. The molecular weight excluding hydrogens is 353 g/mol. The van der Waals surface area contributed by atoms with Crippen LogP contribution in [0.5, 0.6) is 0 Å². The van der Waals surface area contributed by atoms with Gasteiger partial charge in [-0.1, -0.05) is 29.8 Å². The molecule has 0 aliphatic carbocycles. The number of para-hydroxylation sites is 2. The number of imidazole rings is 1. The second kappa shape index (κ2) is 6.92. The third-order valence-corrected chi connectivity index (χ3v) is 4.98. The molecule has 0 radical (unpaired) electrons. The van der Waals surface area contributed by atoms with E-state index in [1.165, 1.54) is 24.3 Å². The van der Waals surface area contributed by atoms with Gasteiger partial charge in [0.25, 0.3) is 0 Å². The minimum Gasteiger partial charge on any atom is -0.340 e. The summed E-state index contributed by atoms with van der Waals surface area (Å²) in [7, 11) is 0. The first kappa shape index (κ1) is 16.8. The fourth-order valence-corrected chi connectivity index (χ4v) is 3.59. The van der Waals surface area contributed by atoms with Crippen LogP contribution in [0.1, 0.15) is 30.3 Å². The topological polar surface area (TPSA) is 49.0 Å². The first-order valence-corrected chi connectivity index (χ1v) is 8.88. The number of benzene rings is 2. The molecule has 1 N–H and O–H groups in total. The second-order valence-electron chi connectivity index (χ2n) is 6.30. The van der Waals surface area contributed by atoms with Crippen molar-refractivity contribution in [2.45, 2.75) is 18.9 Å². The zero-order chi connectivity index (χ0) is 18.1. The average Bonchev–Trinajstić information content (AvgIpc) is 3.27. The van der Waals surface area contributed by atoms with E-state index in [0.717, 1.165) is 29.7 Å². The van der Waals surface area contributed by atoms with Crippen LogP contribution in [0.3, 0.4) is 0 Å². The van der Waals surface area contributed by atoms with Crippen molar-refractivity contribution < 1.29 is 9.18 Å². The quantitative estimate of drug-likeness (QED) is 0.678. The summed E-state index contributed by atoms with van der Waals surface area (Å²) in [4.78, 5) is 22.4. The zero-order valence-electron chi connectivity index (χ0n) is 14.0. The maximum Gasteiger partial charge on any atom is 0.247 e. The van der Waals surface area contributed by atoms with Crippen LogP contribution < -0.4 is 0 Å². The van der Waals surface area contributed by atoms with Crippen molar-refractivity contribution in [2.24, 2.45) is 0 Å². The van der Waals surface area contributed by atoms with E-state index in [-0.39, 0.29) is 22.5 Å². The Morgan fingerprint density at radius 2 is 2.12 bits per heavy atom. The highest BCUT2D eigenvalue weighted by Gasteiger charge is 2.31. The average molecular weight is 370 g/mol. The molecule has 3 aromatic rings. The van der Waals surface area contributed by atoms with E-state index in [0.29, 0.717) is 6.54 Å². The number of likely N-dealkylation sites (tertiary alicyclic amines) is 1. The van der Waals surface area contributed by atoms with Gasteiger partial charge in [0, 0.05) is 18.2 Å². The zero-order valence-corrected chi connectivity index (χ0v) is 14.7. The minimum absolute atomic E-state index is 0.101. The lowest BCUT2D eigenvalue weighted by atomic mass is 10.2. The Hall–Kier alpha value is -2.66. The molecule has 1 aromatic heterocycles. The van der Waals surface area contributed by atoms with Crippen LogP contribution in [0.15, 0.2) is 48.5 Å². The largest absolute Gasteiger partial charge is 0.340 e. The maximum absolute atomic E-state index is 13.9. The highest BCUT2D eigenvalue weighted by atomic mass is 35.5. The predicted octanol–water partition coefficient (Wildman–Crippen LogP) is 4.73. The van der Waals surface area contributed by atoms with Gasteiger partial charge in [0.1, 0.15) is 11.6 Å². The van der Waals surface area contributed by atoms with Gasteiger partial charge in [-0.25, -0.2) is 9.37 Å². The molecule has 1 aliphatic heterocycles. The third kappa shape index (κ3) is 3.10. The van der Waals surface area contributed by atoms with Gasteiger partial charge >= 0.3 is 0 Å². The summed E-state index contributed by atoms with van der Waals surface area (Å²) in [5, 5.41) is 0.282. The van der Waals surface area contributed by atoms with Gasteiger partial charge in [0.15, 0.2) is 0 Å². The maximum atomic E-state index is 13.9. The number of nitrogens with zero attached hydrogens (tertiary/aromatic N) is 2. The molecule has 1 saturated heterocycles. The number of aromatic amines is 1. The number of H-pyrrole nitrogens is 1. The number of nitrogens with one attached hydrogen (secondary N) is 1. The van der Waals surface area contributed by atoms with Crippen LogP contribution >= 0.6 is 11.6 Å². The number of hydrogen-bond acceptors (Lipinski definition) is 2. The van der Waals surface area contributed by atoms with E-state index in [1.54, 1.807) is 11.0 Å². The molecule has 1 fully saturated rings. The van der Waals surface area contributed by atoms with Crippen LogP contribution in [-0.2, 0) is 4.79 Å². The van der Waals surface area contributed by atoms with Crippen molar-refractivity contribution in [3.63, 3.8) is 0 Å². The summed E-state index contributed by atoms with van der Waals surface area (Å²) in [5.74, 6) is 0.165. The lowest BCUT2D eigenvalue weighted by molar-refractivity contribution is -0.126. The van der Waals surface area contributed by atoms with Crippen molar-refractivity contribution in [1.29, 1.82) is 0 Å². The summed E-state index contributed by atoms with van der Waals surface area (Å²) in [5.41, 5.74) is 2.06. The number of carbonyl (C=O) groups is 1. The third-order valence-electron chi connectivity index (χ3n) is 4.65. The first-order valence-electron chi connectivity index (χ1n) is 8.51. The Kier molecular flexibility index (Phi) is 4.47. The Bertz CT molecular complexity index is 944. The highest BCUT2D eigenvalue weighted by Crippen LogP contribution is 2.32. The summed E-state index contributed by atoms with van der Waals surface area (Å²) in [6, 6.07) is 12.1. The smallest absolute Gasteiger partial charge is 0.247 e. The molecule has 2 aromatic carbocycles.